The van der Waals surface area contributed by atoms with E-state index in [4.69, 9.17) is 11.6 Å². The summed E-state index contributed by atoms with van der Waals surface area (Å²) in [4.78, 5) is 14.4. The van der Waals surface area contributed by atoms with Crippen molar-refractivity contribution in [3.05, 3.63) is 29.3 Å². The lowest BCUT2D eigenvalue weighted by molar-refractivity contribution is -0.122. The summed E-state index contributed by atoms with van der Waals surface area (Å²) in [7, 11) is 0. The Morgan fingerprint density at radius 3 is 2.96 bits per heavy atom. The van der Waals surface area contributed by atoms with Crippen molar-refractivity contribution < 1.29 is 4.79 Å². The first kappa shape index (κ1) is 21.7. The van der Waals surface area contributed by atoms with Crippen molar-refractivity contribution >= 4 is 59.8 Å². The molecule has 0 bridgehead atoms. The normalized spacial score (nSPS) is 23.1. The Morgan fingerprint density at radius 1 is 1.42 bits per heavy atom. The Morgan fingerprint density at radius 2 is 2.25 bits per heavy atom. The highest BCUT2D eigenvalue weighted by Crippen LogP contribution is 2.23. The lowest BCUT2D eigenvalue weighted by Gasteiger charge is -2.23. The lowest BCUT2D eigenvalue weighted by Crippen LogP contribution is -2.44. The molecule has 0 aliphatic carbocycles. The van der Waals surface area contributed by atoms with Crippen LogP contribution in [0.1, 0.15) is 12.8 Å². The minimum Gasteiger partial charge on any atom is -0.369 e. The van der Waals surface area contributed by atoms with Gasteiger partial charge in [-0.05, 0) is 24.6 Å². The molecule has 8 heteroatoms. The molecule has 0 aromatic heterocycles. The number of rotatable bonds is 4. The van der Waals surface area contributed by atoms with Gasteiger partial charge >= 0.3 is 0 Å². The van der Waals surface area contributed by atoms with Gasteiger partial charge in [0.2, 0.25) is 5.91 Å². The number of thioether (sulfide) groups is 1. The highest BCUT2D eigenvalue weighted by Gasteiger charge is 2.25. The molecule has 2 fully saturated rings. The van der Waals surface area contributed by atoms with Crippen molar-refractivity contribution in [3.8, 4) is 0 Å². The van der Waals surface area contributed by atoms with Crippen molar-refractivity contribution in [2.24, 2.45) is 0 Å². The third-order valence-electron chi connectivity index (χ3n) is 4.16. The van der Waals surface area contributed by atoms with Gasteiger partial charge in [-0.3, -0.25) is 4.79 Å². The SMILES string of the molecule is Cl.Cl.O=C(CC1CSCCN1)NC1CCN(c2cccc(Cl)c2)C1. The van der Waals surface area contributed by atoms with E-state index in [0.29, 0.717) is 12.5 Å². The van der Waals surface area contributed by atoms with Crippen LogP contribution in [0.25, 0.3) is 0 Å². The Labute approximate surface area is 165 Å². The van der Waals surface area contributed by atoms with Crippen LogP contribution in [0.2, 0.25) is 5.02 Å². The van der Waals surface area contributed by atoms with Gasteiger partial charge in [-0.25, -0.2) is 0 Å². The van der Waals surface area contributed by atoms with Gasteiger partial charge in [0.1, 0.15) is 0 Å². The molecule has 0 saturated carbocycles. The molecule has 2 atom stereocenters. The molecule has 2 aliphatic heterocycles. The molecule has 1 aromatic carbocycles. The fourth-order valence-corrected chi connectivity index (χ4v) is 4.18. The lowest BCUT2D eigenvalue weighted by atomic mass is 10.2. The Kier molecular flexibility index (Phi) is 9.60. The highest BCUT2D eigenvalue weighted by molar-refractivity contribution is 7.99. The van der Waals surface area contributed by atoms with E-state index < -0.39 is 0 Å². The van der Waals surface area contributed by atoms with Gasteiger partial charge in [0.05, 0.1) is 0 Å². The van der Waals surface area contributed by atoms with Gasteiger partial charge in [-0.15, -0.1) is 24.8 Å². The number of carbonyl (C=O) groups excluding carboxylic acids is 1. The van der Waals surface area contributed by atoms with Crippen molar-refractivity contribution in [1.82, 2.24) is 10.6 Å². The summed E-state index contributed by atoms with van der Waals surface area (Å²) < 4.78 is 0. The third kappa shape index (κ3) is 6.19. The summed E-state index contributed by atoms with van der Waals surface area (Å²) in [6, 6.07) is 8.46. The predicted molar refractivity (Wildman–Crippen MR) is 108 cm³/mol. The highest BCUT2D eigenvalue weighted by atomic mass is 35.5. The van der Waals surface area contributed by atoms with E-state index in [1.165, 1.54) is 0 Å². The Balaban J connectivity index is 0.00000144. The standard InChI is InChI=1S/C16H22ClN3OS.2ClH/c17-12-2-1-3-15(8-12)20-6-4-13(10-20)19-16(21)9-14-11-22-7-5-18-14;;/h1-3,8,13-14,18H,4-7,9-11H2,(H,19,21);2*1H. The number of hydrogen-bond donors (Lipinski definition) is 2. The fourth-order valence-electron chi connectivity index (χ4n) is 3.05. The van der Waals surface area contributed by atoms with Gasteiger partial charge in [0.25, 0.3) is 0 Å². The van der Waals surface area contributed by atoms with Crippen LogP contribution in [0.4, 0.5) is 5.69 Å². The van der Waals surface area contributed by atoms with Crippen LogP contribution in [0.3, 0.4) is 0 Å². The van der Waals surface area contributed by atoms with Crippen LogP contribution in [0, 0.1) is 0 Å². The zero-order valence-electron chi connectivity index (χ0n) is 13.4. The van der Waals surface area contributed by atoms with E-state index in [0.717, 1.165) is 48.3 Å². The zero-order valence-corrected chi connectivity index (χ0v) is 16.6. The average Bonchev–Trinajstić information content (AvgIpc) is 2.96. The van der Waals surface area contributed by atoms with Crippen LogP contribution >= 0.6 is 48.2 Å². The van der Waals surface area contributed by atoms with Crippen LogP contribution in [0.15, 0.2) is 24.3 Å². The largest absolute Gasteiger partial charge is 0.369 e. The summed E-state index contributed by atoms with van der Waals surface area (Å²) in [5, 5.41) is 7.34. The van der Waals surface area contributed by atoms with Crippen molar-refractivity contribution in [2.75, 3.05) is 36.0 Å². The first-order valence-electron chi connectivity index (χ1n) is 7.82. The molecule has 1 aromatic rings. The number of carbonyl (C=O) groups is 1. The maximum atomic E-state index is 12.2. The first-order chi connectivity index (χ1) is 10.7. The maximum Gasteiger partial charge on any atom is 0.221 e. The van der Waals surface area contributed by atoms with E-state index in [-0.39, 0.29) is 36.8 Å². The van der Waals surface area contributed by atoms with Crippen molar-refractivity contribution in [1.29, 1.82) is 0 Å². The molecule has 2 aliphatic rings. The van der Waals surface area contributed by atoms with E-state index >= 15 is 0 Å². The number of nitrogens with zero attached hydrogens (tertiary/aromatic N) is 1. The van der Waals surface area contributed by atoms with Crippen LogP contribution in [0.5, 0.6) is 0 Å². The molecule has 4 nitrogen and oxygen atoms in total. The van der Waals surface area contributed by atoms with E-state index in [1.807, 2.05) is 30.0 Å². The van der Waals surface area contributed by atoms with Gasteiger partial charge in [0, 0.05) is 60.4 Å². The second-order valence-electron chi connectivity index (χ2n) is 5.91. The topological polar surface area (TPSA) is 44.4 Å². The summed E-state index contributed by atoms with van der Waals surface area (Å²) in [5.74, 6) is 2.35. The van der Waals surface area contributed by atoms with Crippen molar-refractivity contribution in [3.63, 3.8) is 0 Å². The molecule has 1 amide bonds. The minimum atomic E-state index is 0. The number of nitrogens with one attached hydrogen (secondary N) is 2. The quantitative estimate of drug-likeness (QED) is 0.798. The summed E-state index contributed by atoms with van der Waals surface area (Å²) in [6.07, 6.45) is 1.58. The smallest absolute Gasteiger partial charge is 0.221 e. The van der Waals surface area contributed by atoms with Crippen LogP contribution in [-0.2, 0) is 4.79 Å². The van der Waals surface area contributed by atoms with Gasteiger partial charge in [-0.1, -0.05) is 17.7 Å². The minimum absolute atomic E-state index is 0. The van der Waals surface area contributed by atoms with Crippen LogP contribution in [-0.4, -0.2) is 49.1 Å². The second-order valence-corrected chi connectivity index (χ2v) is 7.50. The van der Waals surface area contributed by atoms with E-state index in [2.05, 4.69) is 21.6 Å². The molecule has 2 saturated heterocycles. The predicted octanol–water partition coefficient (Wildman–Crippen LogP) is 2.97. The molecular weight excluding hydrogens is 389 g/mol. The second kappa shape index (κ2) is 10.6. The van der Waals surface area contributed by atoms with Gasteiger partial charge in [-0.2, -0.15) is 11.8 Å². The molecule has 2 unspecified atom stereocenters. The molecule has 2 heterocycles. The molecule has 2 N–H and O–H groups in total. The average molecular weight is 413 g/mol. The summed E-state index contributed by atoms with van der Waals surface area (Å²) in [5.41, 5.74) is 1.13. The fraction of sp³-hybridized carbons (Fsp3) is 0.562. The number of amides is 1. The van der Waals surface area contributed by atoms with Crippen LogP contribution < -0.4 is 15.5 Å². The van der Waals surface area contributed by atoms with Crippen molar-refractivity contribution in [2.45, 2.75) is 24.9 Å². The Bertz CT molecular complexity index is 529. The molecular formula is C16H24Cl3N3OS. The number of anilines is 1. The van der Waals surface area contributed by atoms with Gasteiger partial charge < -0.3 is 15.5 Å². The van der Waals surface area contributed by atoms with E-state index in [9.17, 15) is 4.79 Å². The number of halogens is 3. The number of hydrogen-bond acceptors (Lipinski definition) is 4. The first-order valence-corrected chi connectivity index (χ1v) is 9.35. The molecule has 0 spiro atoms. The molecule has 0 radical (unpaired) electrons. The molecule has 24 heavy (non-hydrogen) atoms. The summed E-state index contributed by atoms with van der Waals surface area (Å²) in [6.45, 7) is 2.83. The molecule has 136 valence electrons. The maximum absolute atomic E-state index is 12.2. The zero-order chi connectivity index (χ0) is 15.4. The number of benzene rings is 1. The monoisotopic (exact) mass is 411 g/mol. The molecule has 3 rings (SSSR count). The van der Waals surface area contributed by atoms with E-state index in [1.54, 1.807) is 0 Å². The Hall–Kier alpha value is -0.330. The van der Waals surface area contributed by atoms with Gasteiger partial charge in [0.15, 0.2) is 0 Å². The third-order valence-corrected chi connectivity index (χ3v) is 5.52. The summed E-state index contributed by atoms with van der Waals surface area (Å²) >= 11 is 7.97.